The molecule has 1 aromatic heterocycles. The van der Waals surface area contributed by atoms with E-state index >= 15 is 0 Å². The van der Waals surface area contributed by atoms with Crippen LogP contribution in [-0.2, 0) is 4.79 Å². The molecule has 1 aliphatic carbocycles. The average molecular weight is 328 g/mol. The van der Waals surface area contributed by atoms with Crippen molar-refractivity contribution in [2.24, 2.45) is 5.92 Å². The summed E-state index contributed by atoms with van der Waals surface area (Å²) in [4.78, 5) is 40.4. The molecule has 1 aliphatic heterocycles. The summed E-state index contributed by atoms with van der Waals surface area (Å²) < 4.78 is 1.77. The van der Waals surface area contributed by atoms with Crippen molar-refractivity contribution in [2.45, 2.75) is 25.3 Å². The number of H-pyrrole nitrogens is 1. The molecule has 7 heteroatoms. The Morgan fingerprint density at radius 2 is 2.12 bits per heavy atom. The molecular formula is C17H20N4O3. The van der Waals surface area contributed by atoms with E-state index in [-0.39, 0.29) is 23.4 Å². The molecule has 1 atom stereocenters. The van der Waals surface area contributed by atoms with Crippen LogP contribution in [0.1, 0.15) is 35.7 Å². The summed E-state index contributed by atoms with van der Waals surface area (Å²) in [6, 6.07) is 5.59. The number of hydrogen-bond donors (Lipinski definition) is 2. The Balaban J connectivity index is 1.48. The van der Waals surface area contributed by atoms with Gasteiger partial charge in [0.2, 0.25) is 5.91 Å². The van der Waals surface area contributed by atoms with E-state index in [4.69, 9.17) is 0 Å². The predicted octanol–water partition coefficient (Wildman–Crippen LogP) is 0.873. The minimum absolute atomic E-state index is 0.113. The van der Waals surface area contributed by atoms with Crippen molar-refractivity contribution in [1.29, 1.82) is 0 Å². The van der Waals surface area contributed by atoms with Gasteiger partial charge in [0.1, 0.15) is 0 Å². The topological polar surface area (TPSA) is 87.2 Å². The van der Waals surface area contributed by atoms with Crippen molar-refractivity contribution in [3.63, 3.8) is 0 Å². The van der Waals surface area contributed by atoms with Gasteiger partial charge in [-0.05, 0) is 31.0 Å². The molecule has 24 heavy (non-hydrogen) atoms. The molecule has 126 valence electrons. The third-order valence-electron chi connectivity index (χ3n) is 4.86. The van der Waals surface area contributed by atoms with Crippen LogP contribution in [0.4, 0.5) is 0 Å². The lowest BCUT2D eigenvalue weighted by Crippen LogP contribution is -2.30. The zero-order chi connectivity index (χ0) is 16.8. The summed E-state index contributed by atoms with van der Waals surface area (Å²) in [5.74, 6) is 0.0968. The van der Waals surface area contributed by atoms with E-state index in [1.807, 2.05) is 6.07 Å². The van der Waals surface area contributed by atoms with Crippen LogP contribution in [0.5, 0.6) is 0 Å². The molecule has 0 radical (unpaired) electrons. The SMILES string of the molecule is CN1CC(CNC(=O)c2ccc3c(c2)[nH]c(=O)n3C2CC2)CC1=O. The van der Waals surface area contributed by atoms with E-state index in [9.17, 15) is 14.4 Å². The van der Waals surface area contributed by atoms with Gasteiger partial charge in [-0.15, -0.1) is 0 Å². The highest BCUT2D eigenvalue weighted by molar-refractivity contribution is 5.97. The number of benzene rings is 1. The predicted molar refractivity (Wildman–Crippen MR) is 88.9 cm³/mol. The van der Waals surface area contributed by atoms with Gasteiger partial charge >= 0.3 is 5.69 Å². The summed E-state index contributed by atoms with van der Waals surface area (Å²) in [5, 5.41) is 2.89. The van der Waals surface area contributed by atoms with E-state index in [2.05, 4.69) is 10.3 Å². The number of hydrogen-bond acceptors (Lipinski definition) is 3. The Hall–Kier alpha value is -2.57. The van der Waals surface area contributed by atoms with Gasteiger partial charge in [-0.3, -0.25) is 14.2 Å². The molecule has 2 aromatic rings. The van der Waals surface area contributed by atoms with Crippen LogP contribution in [0, 0.1) is 5.92 Å². The number of imidazole rings is 1. The Morgan fingerprint density at radius 1 is 1.33 bits per heavy atom. The average Bonchev–Trinajstić information content (AvgIpc) is 3.25. The molecule has 1 unspecified atom stereocenters. The first kappa shape index (κ1) is 15.0. The molecule has 2 heterocycles. The first-order chi connectivity index (χ1) is 11.5. The lowest BCUT2D eigenvalue weighted by Gasteiger charge is -2.11. The van der Waals surface area contributed by atoms with Crippen molar-refractivity contribution >= 4 is 22.8 Å². The first-order valence-electron chi connectivity index (χ1n) is 8.29. The highest BCUT2D eigenvalue weighted by atomic mass is 16.2. The normalized spacial score (nSPS) is 20.8. The van der Waals surface area contributed by atoms with E-state index in [1.165, 1.54) is 0 Å². The maximum Gasteiger partial charge on any atom is 0.326 e. The second-order valence-corrected chi connectivity index (χ2v) is 6.82. The molecule has 4 rings (SSSR count). The number of carbonyl (C=O) groups excluding carboxylic acids is 2. The molecule has 2 fully saturated rings. The van der Waals surface area contributed by atoms with E-state index in [0.717, 1.165) is 18.4 Å². The van der Waals surface area contributed by atoms with Crippen molar-refractivity contribution < 1.29 is 9.59 Å². The zero-order valence-corrected chi connectivity index (χ0v) is 13.5. The van der Waals surface area contributed by atoms with Crippen molar-refractivity contribution in [1.82, 2.24) is 19.8 Å². The molecule has 2 N–H and O–H groups in total. The monoisotopic (exact) mass is 328 g/mol. The molecule has 2 amide bonds. The van der Waals surface area contributed by atoms with Crippen LogP contribution in [0.2, 0.25) is 0 Å². The minimum atomic E-state index is -0.182. The number of nitrogens with one attached hydrogen (secondary N) is 2. The van der Waals surface area contributed by atoms with Gasteiger partial charge in [0.05, 0.1) is 11.0 Å². The third-order valence-corrected chi connectivity index (χ3v) is 4.86. The molecule has 1 saturated heterocycles. The summed E-state index contributed by atoms with van der Waals surface area (Å²) in [6.07, 6.45) is 2.54. The van der Waals surface area contributed by atoms with E-state index in [1.54, 1.807) is 28.6 Å². The van der Waals surface area contributed by atoms with Gasteiger partial charge in [0.15, 0.2) is 0 Å². The fourth-order valence-corrected chi connectivity index (χ4v) is 3.40. The quantitative estimate of drug-likeness (QED) is 0.873. The molecule has 0 bridgehead atoms. The van der Waals surface area contributed by atoms with Crippen LogP contribution in [-0.4, -0.2) is 46.4 Å². The van der Waals surface area contributed by atoms with Crippen LogP contribution in [0.15, 0.2) is 23.0 Å². The smallest absolute Gasteiger partial charge is 0.326 e. The molecule has 0 spiro atoms. The van der Waals surface area contributed by atoms with E-state index in [0.29, 0.717) is 36.6 Å². The maximum absolute atomic E-state index is 12.3. The summed E-state index contributed by atoms with van der Waals surface area (Å²) in [7, 11) is 1.78. The second-order valence-electron chi connectivity index (χ2n) is 6.82. The van der Waals surface area contributed by atoms with Gasteiger partial charge in [-0.2, -0.15) is 0 Å². The van der Waals surface area contributed by atoms with Crippen molar-refractivity contribution in [3.05, 3.63) is 34.2 Å². The van der Waals surface area contributed by atoms with Gasteiger partial charge in [-0.1, -0.05) is 0 Å². The molecule has 1 aromatic carbocycles. The molecule has 2 aliphatic rings. The van der Waals surface area contributed by atoms with Crippen LogP contribution in [0.25, 0.3) is 11.0 Å². The van der Waals surface area contributed by atoms with Gasteiger partial charge in [0, 0.05) is 44.1 Å². The minimum Gasteiger partial charge on any atom is -0.352 e. The number of aromatic nitrogens is 2. The Kier molecular flexibility index (Phi) is 3.44. The number of amides is 2. The number of nitrogens with zero attached hydrogens (tertiary/aromatic N) is 2. The Labute approximate surface area is 138 Å². The highest BCUT2D eigenvalue weighted by Crippen LogP contribution is 2.35. The third kappa shape index (κ3) is 2.60. The summed E-state index contributed by atoms with van der Waals surface area (Å²) >= 11 is 0. The lowest BCUT2D eigenvalue weighted by molar-refractivity contribution is -0.126. The van der Waals surface area contributed by atoms with Gasteiger partial charge in [-0.25, -0.2) is 4.79 Å². The van der Waals surface area contributed by atoms with Gasteiger partial charge in [0.25, 0.3) is 5.91 Å². The molecule has 1 saturated carbocycles. The fraction of sp³-hybridized carbons (Fsp3) is 0.471. The molecule has 7 nitrogen and oxygen atoms in total. The fourth-order valence-electron chi connectivity index (χ4n) is 3.40. The lowest BCUT2D eigenvalue weighted by atomic mass is 10.1. The Bertz CT molecular complexity index is 878. The summed E-state index contributed by atoms with van der Waals surface area (Å²) in [5.41, 5.74) is 1.94. The number of rotatable bonds is 4. The largest absolute Gasteiger partial charge is 0.352 e. The standard InChI is InChI=1S/C17H20N4O3/c1-20-9-10(6-15(20)22)8-18-16(23)11-2-5-14-13(7-11)19-17(24)21(14)12-3-4-12/h2,5,7,10,12H,3-4,6,8-9H2,1H3,(H,18,23)(H,19,24). The number of aromatic amines is 1. The number of likely N-dealkylation sites (tertiary alicyclic amines) is 1. The number of carbonyl (C=O) groups is 2. The van der Waals surface area contributed by atoms with Crippen LogP contribution in [0.3, 0.4) is 0 Å². The van der Waals surface area contributed by atoms with Crippen molar-refractivity contribution in [2.75, 3.05) is 20.1 Å². The number of fused-ring (bicyclic) bond motifs is 1. The summed E-state index contributed by atoms with van der Waals surface area (Å²) in [6.45, 7) is 1.16. The maximum atomic E-state index is 12.3. The first-order valence-corrected chi connectivity index (χ1v) is 8.29. The zero-order valence-electron chi connectivity index (χ0n) is 13.5. The Morgan fingerprint density at radius 3 is 2.79 bits per heavy atom. The van der Waals surface area contributed by atoms with Gasteiger partial charge < -0.3 is 15.2 Å². The van der Waals surface area contributed by atoms with E-state index < -0.39 is 0 Å². The molecular weight excluding hydrogens is 308 g/mol. The highest BCUT2D eigenvalue weighted by Gasteiger charge is 2.28. The van der Waals surface area contributed by atoms with Crippen LogP contribution < -0.4 is 11.0 Å². The second kappa shape index (κ2) is 5.51. The van der Waals surface area contributed by atoms with Crippen molar-refractivity contribution in [3.8, 4) is 0 Å². The van der Waals surface area contributed by atoms with Crippen LogP contribution >= 0.6 is 0 Å².